The van der Waals surface area contributed by atoms with Crippen molar-refractivity contribution in [1.29, 1.82) is 0 Å². The predicted molar refractivity (Wildman–Crippen MR) is 117 cm³/mol. The third-order valence-electron chi connectivity index (χ3n) is 5.33. The Kier molecular flexibility index (Phi) is 5.55. The maximum absolute atomic E-state index is 12.8. The first kappa shape index (κ1) is 20.1. The van der Waals surface area contributed by atoms with Gasteiger partial charge in [-0.3, -0.25) is 9.36 Å². The molecule has 30 heavy (non-hydrogen) atoms. The topological polar surface area (TPSA) is 79.4 Å². The summed E-state index contributed by atoms with van der Waals surface area (Å²) in [6.45, 7) is 3.29. The molecule has 3 aromatic rings. The van der Waals surface area contributed by atoms with Crippen molar-refractivity contribution in [3.63, 3.8) is 0 Å². The van der Waals surface area contributed by atoms with E-state index in [1.165, 1.54) is 0 Å². The zero-order valence-corrected chi connectivity index (χ0v) is 17.6. The van der Waals surface area contributed by atoms with Crippen molar-refractivity contribution in [2.24, 2.45) is 0 Å². The molecule has 0 saturated carbocycles. The quantitative estimate of drug-likeness (QED) is 0.657. The van der Waals surface area contributed by atoms with Crippen LogP contribution in [-0.2, 0) is 0 Å². The SMILES string of the molecule is COc1ccc(Cl)cc1N1CCC(NC(=O)c2cccc(-n3c(C)c[nH]c3=O)c2)C1. The number of imidazole rings is 1. The minimum atomic E-state index is -0.230. The second kappa shape index (κ2) is 8.28. The number of carbonyl (C=O) groups is 1. The first-order valence-corrected chi connectivity index (χ1v) is 10.1. The van der Waals surface area contributed by atoms with Crippen LogP contribution < -0.4 is 20.6 Å². The lowest BCUT2D eigenvalue weighted by Crippen LogP contribution is -2.37. The van der Waals surface area contributed by atoms with Gasteiger partial charge >= 0.3 is 5.69 Å². The van der Waals surface area contributed by atoms with Gasteiger partial charge in [-0.25, -0.2) is 4.79 Å². The van der Waals surface area contributed by atoms with Crippen LogP contribution in [0.1, 0.15) is 22.5 Å². The van der Waals surface area contributed by atoms with Crippen molar-refractivity contribution < 1.29 is 9.53 Å². The van der Waals surface area contributed by atoms with Gasteiger partial charge in [-0.1, -0.05) is 17.7 Å². The zero-order chi connectivity index (χ0) is 21.3. The molecule has 8 heteroatoms. The van der Waals surface area contributed by atoms with Crippen LogP contribution in [0.15, 0.2) is 53.5 Å². The van der Waals surface area contributed by atoms with E-state index in [1.54, 1.807) is 42.1 Å². The summed E-state index contributed by atoms with van der Waals surface area (Å²) in [5.41, 5.74) is 2.64. The summed E-state index contributed by atoms with van der Waals surface area (Å²) in [7, 11) is 1.63. The molecule has 7 nitrogen and oxygen atoms in total. The van der Waals surface area contributed by atoms with E-state index in [9.17, 15) is 9.59 Å². The largest absolute Gasteiger partial charge is 0.495 e. The van der Waals surface area contributed by atoms with Crippen molar-refractivity contribution in [2.75, 3.05) is 25.1 Å². The number of methoxy groups -OCH3 is 1. The van der Waals surface area contributed by atoms with Crippen LogP contribution in [0, 0.1) is 6.92 Å². The third-order valence-corrected chi connectivity index (χ3v) is 5.57. The Morgan fingerprint density at radius 2 is 2.10 bits per heavy atom. The van der Waals surface area contributed by atoms with Crippen molar-refractivity contribution >= 4 is 23.2 Å². The zero-order valence-electron chi connectivity index (χ0n) is 16.8. The summed E-state index contributed by atoms with van der Waals surface area (Å²) in [5.74, 6) is 0.592. The Morgan fingerprint density at radius 1 is 1.27 bits per heavy atom. The lowest BCUT2D eigenvalue weighted by molar-refractivity contribution is 0.0940. The first-order valence-electron chi connectivity index (χ1n) is 9.73. The van der Waals surface area contributed by atoms with Crippen molar-refractivity contribution in [3.8, 4) is 11.4 Å². The number of anilines is 1. The highest BCUT2D eigenvalue weighted by Gasteiger charge is 2.26. The number of rotatable bonds is 5. The van der Waals surface area contributed by atoms with E-state index in [0.717, 1.165) is 30.1 Å². The van der Waals surface area contributed by atoms with Crippen LogP contribution in [0.5, 0.6) is 5.75 Å². The fraction of sp³-hybridized carbons (Fsp3) is 0.273. The smallest absolute Gasteiger partial charge is 0.330 e. The van der Waals surface area contributed by atoms with Crippen LogP contribution >= 0.6 is 11.6 Å². The van der Waals surface area contributed by atoms with Crippen LogP contribution in [0.4, 0.5) is 5.69 Å². The average molecular weight is 427 g/mol. The van der Waals surface area contributed by atoms with Gasteiger partial charge < -0.3 is 19.9 Å². The number of halogens is 1. The maximum Gasteiger partial charge on any atom is 0.330 e. The number of carbonyl (C=O) groups excluding carboxylic acids is 1. The van der Waals surface area contributed by atoms with Gasteiger partial charge in [0.25, 0.3) is 5.91 Å². The third kappa shape index (κ3) is 3.93. The van der Waals surface area contributed by atoms with Crippen molar-refractivity contribution in [1.82, 2.24) is 14.9 Å². The van der Waals surface area contributed by atoms with Gasteiger partial charge in [0, 0.05) is 41.6 Å². The van der Waals surface area contributed by atoms with Gasteiger partial charge in [0.05, 0.1) is 18.5 Å². The highest BCUT2D eigenvalue weighted by atomic mass is 35.5. The minimum absolute atomic E-state index is 0.00145. The molecule has 1 atom stereocenters. The fourth-order valence-electron chi connectivity index (χ4n) is 3.84. The summed E-state index contributed by atoms with van der Waals surface area (Å²) in [4.78, 5) is 29.7. The van der Waals surface area contributed by atoms with Crippen molar-refractivity contribution in [2.45, 2.75) is 19.4 Å². The summed E-state index contributed by atoms with van der Waals surface area (Å²) in [6, 6.07) is 12.6. The molecule has 156 valence electrons. The van der Waals surface area contributed by atoms with E-state index in [2.05, 4.69) is 15.2 Å². The normalized spacial score (nSPS) is 16.0. The number of H-pyrrole nitrogens is 1. The Morgan fingerprint density at radius 3 is 2.83 bits per heavy atom. The number of aromatic amines is 1. The lowest BCUT2D eigenvalue weighted by Gasteiger charge is -2.22. The standard InChI is InChI=1S/C22H23ClN4O3/c1-14-12-24-22(29)27(14)18-5-3-4-15(10-18)21(28)25-17-8-9-26(13-17)19-11-16(23)6-7-20(19)30-2/h3-7,10-12,17H,8-9,13H2,1-2H3,(H,24,29)(H,25,28). The van der Waals surface area contributed by atoms with E-state index in [0.29, 0.717) is 22.8 Å². The molecule has 1 aromatic heterocycles. The molecular weight excluding hydrogens is 404 g/mol. The highest BCUT2D eigenvalue weighted by molar-refractivity contribution is 6.30. The molecule has 1 unspecified atom stereocenters. The molecule has 2 N–H and O–H groups in total. The van der Waals surface area contributed by atoms with Crippen LogP contribution in [0.25, 0.3) is 5.69 Å². The molecule has 1 fully saturated rings. The Balaban J connectivity index is 1.48. The first-order chi connectivity index (χ1) is 14.5. The molecule has 0 aliphatic carbocycles. The molecule has 0 radical (unpaired) electrons. The van der Waals surface area contributed by atoms with Gasteiger partial charge in [-0.2, -0.15) is 0 Å². The number of aryl methyl sites for hydroxylation is 1. The molecule has 2 heterocycles. The number of hydrogen-bond donors (Lipinski definition) is 2. The number of nitrogens with zero attached hydrogens (tertiary/aromatic N) is 2. The molecule has 0 bridgehead atoms. The molecule has 2 aromatic carbocycles. The van der Waals surface area contributed by atoms with Crippen molar-refractivity contribution in [3.05, 3.63) is 75.4 Å². The Hall–Kier alpha value is -3.19. The number of nitrogens with one attached hydrogen (secondary N) is 2. The molecule has 0 spiro atoms. The monoisotopic (exact) mass is 426 g/mol. The Labute approximate surface area is 179 Å². The van der Waals surface area contributed by atoms with E-state index in [4.69, 9.17) is 16.3 Å². The van der Waals surface area contributed by atoms with Crippen LogP contribution in [0.2, 0.25) is 5.02 Å². The molecule has 1 amide bonds. The van der Waals surface area contributed by atoms with Gasteiger partial charge in [-0.05, 0) is 49.7 Å². The lowest BCUT2D eigenvalue weighted by atomic mass is 10.1. The molecule has 4 rings (SSSR count). The summed E-state index contributed by atoms with van der Waals surface area (Å²) >= 11 is 6.15. The van der Waals surface area contributed by atoms with E-state index in [1.807, 2.05) is 25.1 Å². The molecule has 1 saturated heterocycles. The summed E-state index contributed by atoms with van der Waals surface area (Å²) < 4.78 is 6.99. The van der Waals surface area contributed by atoms with Crippen LogP contribution in [-0.4, -0.2) is 41.7 Å². The number of ether oxygens (including phenoxy) is 1. The molecule has 1 aliphatic heterocycles. The fourth-order valence-corrected chi connectivity index (χ4v) is 4.00. The predicted octanol–water partition coefficient (Wildman–Crippen LogP) is 3.14. The maximum atomic E-state index is 12.8. The highest BCUT2D eigenvalue weighted by Crippen LogP contribution is 2.33. The van der Waals surface area contributed by atoms with Crippen LogP contribution in [0.3, 0.4) is 0 Å². The van der Waals surface area contributed by atoms with Gasteiger partial charge in [0.15, 0.2) is 0 Å². The molecule has 1 aliphatic rings. The number of benzene rings is 2. The van der Waals surface area contributed by atoms with Gasteiger partial charge in [0.1, 0.15) is 5.75 Å². The summed E-state index contributed by atoms with van der Waals surface area (Å²) in [6.07, 6.45) is 2.46. The van der Waals surface area contributed by atoms with Gasteiger partial charge in [0.2, 0.25) is 0 Å². The number of amides is 1. The van der Waals surface area contributed by atoms with E-state index in [-0.39, 0.29) is 17.6 Å². The average Bonchev–Trinajstić information content (AvgIpc) is 3.34. The summed E-state index contributed by atoms with van der Waals surface area (Å²) in [5, 5.41) is 3.74. The number of hydrogen-bond acceptors (Lipinski definition) is 4. The minimum Gasteiger partial charge on any atom is -0.495 e. The van der Waals surface area contributed by atoms with E-state index >= 15 is 0 Å². The van der Waals surface area contributed by atoms with Gasteiger partial charge in [-0.15, -0.1) is 0 Å². The van der Waals surface area contributed by atoms with E-state index < -0.39 is 0 Å². The second-order valence-corrected chi connectivity index (χ2v) is 7.78. The Bertz CT molecular complexity index is 1140. The molecular formula is C22H23ClN4O3. The number of aromatic nitrogens is 2. The second-order valence-electron chi connectivity index (χ2n) is 7.34.